The van der Waals surface area contributed by atoms with Crippen LogP contribution < -0.4 is 10.2 Å². The normalized spacial score (nSPS) is 11.5. The third-order valence-corrected chi connectivity index (χ3v) is 3.73. The number of nitrogens with one attached hydrogen (secondary N) is 1. The molecule has 0 aliphatic carbocycles. The first-order valence-electron chi connectivity index (χ1n) is 7.66. The molecule has 0 aliphatic rings. The van der Waals surface area contributed by atoms with Crippen LogP contribution >= 0.6 is 11.6 Å². The van der Waals surface area contributed by atoms with Gasteiger partial charge < -0.3 is 4.74 Å². The standard InChI is InChI=1S/C19H21ClN2O2/c1-19(2,3)15-8-10-16(11-9-15)24-13-18(23)22-21-12-14-6-4-5-7-17(14)20/h4-12H,13H2,1-3H3,(H,22,23). The predicted molar refractivity (Wildman–Crippen MR) is 97.8 cm³/mol. The molecule has 0 fully saturated rings. The molecule has 2 rings (SSSR count). The first-order valence-corrected chi connectivity index (χ1v) is 8.04. The van der Waals surface area contributed by atoms with Crippen molar-refractivity contribution in [1.29, 1.82) is 0 Å². The first kappa shape index (κ1) is 18.0. The topological polar surface area (TPSA) is 50.7 Å². The van der Waals surface area contributed by atoms with Gasteiger partial charge in [0, 0.05) is 10.6 Å². The highest BCUT2D eigenvalue weighted by molar-refractivity contribution is 6.33. The SMILES string of the molecule is CC(C)(C)c1ccc(OCC(=O)NN=Cc2ccccc2Cl)cc1. The highest BCUT2D eigenvalue weighted by Gasteiger charge is 2.13. The molecule has 0 aromatic heterocycles. The van der Waals surface area contributed by atoms with Gasteiger partial charge in [0.15, 0.2) is 6.61 Å². The summed E-state index contributed by atoms with van der Waals surface area (Å²) in [4.78, 5) is 11.7. The van der Waals surface area contributed by atoms with Crippen molar-refractivity contribution in [2.75, 3.05) is 6.61 Å². The Bertz CT molecular complexity index is 719. The van der Waals surface area contributed by atoms with Crippen molar-refractivity contribution >= 4 is 23.7 Å². The Morgan fingerprint density at radius 2 is 1.83 bits per heavy atom. The zero-order valence-electron chi connectivity index (χ0n) is 14.0. The molecule has 0 radical (unpaired) electrons. The van der Waals surface area contributed by atoms with Crippen LogP contribution in [-0.4, -0.2) is 18.7 Å². The maximum atomic E-state index is 11.7. The van der Waals surface area contributed by atoms with Crippen molar-refractivity contribution in [3.8, 4) is 5.75 Å². The highest BCUT2D eigenvalue weighted by atomic mass is 35.5. The van der Waals surface area contributed by atoms with Gasteiger partial charge in [0.1, 0.15) is 5.75 Å². The lowest BCUT2D eigenvalue weighted by Gasteiger charge is -2.19. The zero-order chi connectivity index (χ0) is 17.6. The number of amides is 1. The molecule has 0 unspecified atom stereocenters. The van der Waals surface area contributed by atoms with E-state index in [-0.39, 0.29) is 17.9 Å². The molecule has 2 aromatic carbocycles. The number of hydrazone groups is 1. The lowest BCUT2D eigenvalue weighted by Crippen LogP contribution is -2.24. The van der Waals surface area contributed by atoms with E-state index in [1.165, 1.54) is 11.8 Å². The second-order valence-corrected chi connectivity index (χ2v) is 6.78. The van der Waals surface area contributed by atoms with Crippen LogP contribution in [0, 0.1) is 0 Å². The highest BCUT2D eigenvalue weighted by Crippen LogP contribution is 2.24. The molecule has 0 spiro atoms. The Morgan fingerprint density at radius 3 is 2.46 bits per heavy atom. The maximum absolute atomic E-state index is 11.7. The van der Waals surface area contributed by atoms with Crippen molar-refractivity contribution in [3.63, 3.8) is 0 Å². The van der Waals surface area contributed by atoms with Crippen molar-refractivity contribution in [2.45, 2.75) is 26.2 Å². The lowest BCUT2D eigenvalue weighted by molar-refractivity contribution is -0.123. The Balaban J connectivity index is 1.82. The van der Waals surface area contributed by atoms with Crippen LogP contribution in [-0.2, 0) is 10.2 Å². The number of ether oxygens (including phenoxy) is 1. The minimum Gasteiger partial charge on any atom is -0.484 e. The van der Waals surface area contributed by atoms with E-state index in [9.17, 15) is 4.79 Å². The van der Waals surface area contributed by atoms with Crippen molar-refractivity contribution in [2.24, 2.45) is 5.10 Å². The minimum atomic E-state index is -0.335. The van der Waals surface area contributed by atoms with Gasteiger partial charge >= 0.3 is 0 Å². The van der Waals surface area contributed by atoms with Crippen LogP contribution in [0.3, 0.4) is 0 Å². The molecule has 0 bridgehead atoms. The number of hydrogen-bond acceptors (Lipinski definition) is 3. The van der Waals surface area contributed by atoms with Crippen LogP contribution in [0.5, 0.6) is 5.75 Å². The molecule has 0 saturated heterocycles. The largest absolute Gasteiger partial charge is 0.484 e. The van der Waals surface area contributed by atoms with E-state index in [0.717, 1.165) is 5.56 Å². The molecule has 0 atom stereocenters. The van der Waals surface area contributed by atoms with E-state index in [4.69, 9.17) is 16.3 Å². The fraction of sp³-hybridized carbons (Fsp3) is 0.263. The average molecular weight is 345 g/mol. The van der Waals surface area contributed by atoms with Gasteiger partial charge in [-0.3, -0.25) is 4.79 Å². The van der Waals surface area contributed by atoms with Crippen molar-refractivity contribution in [1.82, 2.24) is 5.43 Å². The predicted octanol–water partition coefficient (Wildman–Crippen LogP) is 4.17. The molecule has 0 heterocycles. The van der Waals surface area contributed by atoms with E-state index in [2.05, 4.69) is 31.3 Å². The van der Waals surface area contributed by atoms with Gasteiger partial charge in [-0.1, -0.05) is 62.7 Å². The molecular weight excluding hydrogens is 324 g/mol. The van der Waals surface area contributed by atoms with Gasteiger partial charge in [-0.05, 0) is 29.2 Å². The fourth-order valence-electron chi connectivity index (χ4n) is 1.99. The van der Waals surface area contributed by atoms with Crippen molar-refractivity contribution in [3.05, 3.63) is 64.7 Å². The monoisotopic (exact) mass is 344 g/mol. The summed E-state index contributed by atoms with van der Waals surface area (Å²) >= 11 is 6.00. The summed E-state index contributed by atoms with van der Waals surface area (Å²) < 4.78 is 5.45. The van der Waals surface area contributed by atoms with Crippen LogP contribution in [0.4, 0.5) is 0 Å². The van der Waals surface area contributed by atoms with Gasteiger partial charge in [0.25, 0.3) is 5.91 Å². The minimum absolute atomic E-state index is 0.0866. The quantitative estimate of drug-likeness (QED) is 0.653. The second-order valence-electron chi connectivity index (χ2n) is 6.38. The number of halogens is 1. The second kappa shape index (κ2) is 7.97. The molecule has 24 heavy (non-hydrogen) atoms. The molecule has 0 saturated carbocycles. The van der Waals surface area contributed by atoms with Gasteiger partial charge in [-0.15, -0.1) is 0 Å². The molecule has 1 amide bonds. The van der Waals surface area contributed by atoms with Gasteiger partial charge in [-0.25, -0.2) is 5.43 Å². The third-order valence-electron chi connectivity index (χ3n) is 3.39. The summed E-state index contributed by atoms with van der Waals surface area (Å²) in [5.74, 6) is 0.312. The summed E-state index contributed by atoms with van der Waals surface area (Å²) in [6, 6.07) is 15.0. The Labute approximate surface area is 147 Å². The van der Waals surface area contributed by atoms with Crippen molar-refractivity contribution < 1.29 is 9.53 Å². The summed E-state index contributed by atoms with van der Waals surface area (Å²) in [7, 11) is 0. The number of benzene rings is 2. The molecule has 0 aliphatic heterocycles. The molecule has 2 aromatic rings. The number of carbonyl (C=O) groups is 1. The van der Waals surface area contributed by atoms with E-state index in [1.807, 2.05) is 42.5 Å². The summed E-state index contributed by atoms with van der Waals surface area (Å²) in [6.45, 7) is 6.34. The Morgan fingerprint density at radius 1 is 1.17 bits per heavy atom. The number of carbonyl (C=O) groups excluding carboxylic acids is 1. The molecule has 1 N–H and O–H groups in total. The number of hydrogen-bond donors (Lipinski definition) is 1. The van der Waals surface area contributed by atoms with Crippen LogP contribution in [0.1, 0.15) is 31.9 Å². The molecule has 5 heteroatoms. The summed E-state index contributed by atoms with van der Waals surface area (Å²) in [5.41, 5.74) is 4.44. The summed E-state index contributed by atoms with van der Waals surface area (Å²) in [5, 5.41) is 4.45. The first-order chi connectivity index (χ1) is 11.4. The molecular formula is C19H21ClN2O2. The Kier molecular flexibility index (Phi) is 5.99. The van der Waals surface area contributed by atoms with Gasteiger partial charge in [-0.2, -0.15) is 5.10 Å². The zero-order valence-corrected chi connectivity index (χ0v) is 14.8. The smallest absolute Gasteiger partial charge is 0.277 e. The lowest BCUT2D eigenvalue weighted by atomic mass is 9.87. The van der Waals surface area contributed by atoms with E-state index in [1.54, 1.807) is 6.07 Å². The number of nitrogens with zero attached hydrogens (tertiary/aromatic N) is 1. The molecule has 126 valence electrons. The van der Waals surface area contributed by atoms with Crippen LogP contribution in [0.15, 0.2) is 53.6 Å². The number of rotatable bonds is 5. The third kappa shape index (κ3) is 5.39. The maximum Gasteiger partial charge on any atom is 0.277 e. The van der Waals surface area contributed by atoms with Gasteiger partial charge in [0.2, 0.25) is 0 Å². The van der Waals surface area contributed by atoms with Gasteiger partial charge in [0.05, 0.1) is 6.21 Å². The average Bonchev–Trinajstić information content (AvgIpc) is 2.54. The van der Waals surface area contributed by atoms with Crippen LogP contribution in [0.2, 0.25) is 5.02 Å². The van der Waals surface area contributed by atoms with E-state index >= 15 is 0 Å². The van der Waals surface area contributed by atoms with E-state index < -0.39 is 0 Å². The Hall–Kier alpha value is -2.33. The summed E-state index contributed by atoms with van der Waals surface area (Å²) in [6.07, 6.45) is 1.50. The fourth-order valence-corrected chi connectivity index (χ4v) is 2.17. The van der Waals surface area contributed by atoms with E-state index in [0.29, 0.717) is 10.8 Å². The molecule has 4 nitrogen and oxygen atoms in total. The van der Waals surface area contributed by atoms with Crippen LogP contribution in [0.25, 0.3) is 0 Å².